The first-order chi connectivity index (χ1) is 9.15. The molecular weight excluding hydrogens is 240 g/mol. The van der Waals surface area contributed by atoms with Crippen molar-refractivity contribution in [2.45, 2.75) is 18.9 Å². The summed E-state index contributed by atoms with van der Waals surface area (Å²) in [6.45, 7) is 6.38. The van der Waals surface area contributed by atoms with Crippen LogP contribution >= 0.6 is 0 Å². The minimum Gasteiger partial charge on any atom is -0.323 e. The number of nitrogens with one attached hydrogen (secondary N) is 1. The molecule has 19 heavy (non-hydrogen) atoms. The molecule has 3 saturated heterocycles. The normalized spacial score (nSPS) is 36.7. The molecule has 108 valence electrons. The highest BCUT2D eigenvalue weighted by molar-refractivity contribution is 5.77. The lowest BCUT2D eigenvalue weighted by Crippen LogP contribution is -2.37. The van der Waals surface area contributed by atoms with Gasteiger partial charge >= 0.3 is 6.03 Å². The highest BCUT2D eigenvalue weighted by atomic mass is 16.2. The average molecular weight is 266 g/mol. The van der Waals surface area contributed by atoms with Gasteiger partial charge in [0.25, 0.3) is 0 Å². The summed E-state index contributed by atoms with van der Waals surface area (Å²) < 4.78 is 0. The quantitative estimate of drug-likeness (QED) is 0.798. The van der Waals surface area contributed by atoms with E-state index < -0.39 is 0 Å². The Morgan fingerprint density at radius 2 is 2.11 bits per heavy atom. The molecule has 3 fully saturated rings. The number of hydrogen-bond acceptors (Lipinski definition) is 3. The minimum absolute atomic E-state index is 0.242. The van der Waals surface area contributed by atoms with Gasteiger partial charge in [-0.1, -0.05) is 0 Å². The molecule has 0 aromatic carbocycles. The lowest BCUT2D eigenvalue weighted by molar-refractivity contribution is 0.186. The van der Waals surface area contributed by atoms with Gasteiger partial charge in [0, 0.05) is 26.7 Å². The van der Waals surface area contributed by atoms with Gasteiger partial charge in [0.05, 0.1) is 6.04 Å². The Hall–Kier alpha value is -0.810. The summed E-state index contributed by atoms with van der Waals surface area (Å²) in [6.07, 6.45) is 2.45. The zero-order valence-corrected chi connectivity index (χ0v) is 12.1. The molecule has 0 bridgehead atoms. The highest BCUT2D eigenvalue weighted by Gasteiger charge is 2.41. The largest absolute Gasteiger partial charge is 0.323 e. The van der Waals surface area contributed by atoms with E-state index in [1.54, 1.807) is 0 Å². The number of rotatable bonds is 3. The van der Waals surface area contributed by atoms with Crippen LogP contribution in [0.4, 0.5) is 4.79 Å². The monoisotopic (exact) mass is 266 g/mol. The van der Waals surface area contributed by atoms with Crippen LogP contribution in [0.1, 0.15) is 12.8 Å². The van der Waals surface area contributed by atoms with Crippen molar-refractivity contribution in [2.75, 3.05) is 53.4 Å². The zero-order valence-electron chi connectivity index (χ0n) is 12.1. The molecule has 3 heterocycles. The van der Waals surface area contributed by atoms with Crippen LogP contribution in [-0.2, 0) is 0 Å². The highest BCUT2D eigenvalue weighted by Crippen LogP contribution is 2.28. The van der Waals surface area contributed by atoms with Crippen LogP contribution in [0.2, 0.25) is 0 Å². The molecule has 0 saturated carbocycles. The summed E-state index contributed by atoms with van der Waals surface area (Å²) in [5, 5.41) is 3.39. The Kier molecular flexibility index (Phi) is 3.67. The molecule has 0 aromatic heterocycles. The predicted molar refractivity (Wildman–Crippen MR) is 75.1 cm³/mol. The van der Waals surface area contributed by atoms with Crippen molar-refractivity contribution < 1.29 is 4.79 Å². The van der Waals surface area contributed by atoms with Gasteiger partial charge in [0.15, 0.2) is 0 Å². The summed E-state index contributed by atoms with van der Waals surface area (Å²) >= 11 is 0. The standard InChI is InChI=1S/C14H26N4O/c1-16-6-4-12(9-16)13-10-18(14(19)17(13)2)8-11-3-5-15-7-11/h11-13,15H,3-10H2,1-2H3. The second-order valence-electron chi connectivity index (χ2n) is 6.54. The number of likely N-dealkylation sites (tertiary alicyclic amines) is 1. The van der Waals surface area contributed by atoms with Crippen LogP contribution in [0.25, 0.3) is 0 Å². The molecule has 3 aliphatic heterocycles. The van der Waals surface area contributed by atoms with E-state index >= 15 is 0 Å². The molecule has 5 nitrogen and oxygen atoms in total. The lowest BCUT2D eigenvalue weighted by Gasteiger charge is -2.23. The number of likely N-dealkylation sites (N-methyl/N-ethyl adjacent to an activating group) is 1. The summed E-state index contributed by atoms with van der Waals surface area (Å²) in [7, 11) is 4.16. The first-order valence-electron chi connectivity index (χ1n) is 7.56. The van der Waals surface area contributed by atoms with Crippen molar-refractivity contribution in [2.24, 2.45) is 11.8 Å². The number of nitrogens with zero attached hydrogens (tertiary/aromatic N) is 3. The van der Waals surface area contributed by atoms with Crippen LogP contribution in [0, 0.1) is 11.8 Å². The predicted octanol–water partition coefficient (Wildman–Crippen LogP) is 0.284. The number of amides is 2. The second-order valence-corrected chi connectivity index (χ2v) is 6.54. The van der Waals surface area contributed by atoms with E-state index in [0.717, 1.165) is 32.7 Å². The van der Waals surface area contributed by atoms with Crippen LogP contribution < -0.4 is 5.32 Å². The van der Waals surface area contributed by atoms with Gasteiger partial charge in [-0.15, -0.1) is 0 Å². The molecule has 3 unspecified atom stereocenters. The summed E-state index contributed by atoms with van der Waals surface area (Å²) in [4.78, 5) is 18.8. The Balaban J connectivity index is 1.60. The first-order valence-corrected chi connectivity index (χ1v) is 7.56. The molecule has 2 amide bonds. The van der Waals surface area contributed by atoms with Crippen molar-refractivity contribution in [3.05, 3.63) is 0 Å². The van der Waals surface area contributed by atoms with Gasteiger partial charge in [0.1, 0.15) is 0 Å². The van der Waals surface area contributed by atoms with E-state index in [9.17, 15) is 4.79 Å². The Morgan fingerprint density at radius 3 is 2.74 bits per heavy atom. The Morgan fingerprint density at radius 1 is 1.26 bits per heavy atom. The Bertz CT molecular complexity index is 342. The molecule has 0 radical (unpaired) electrons. The molecule has 0 aromatic rings. The van der Waals surface area contributed by atoms with E-state index in [1.807, 2.05) is 11.9 Å². The van der Waals surface area contributed by atoms with E-state index in [-0.39, 0.29) is 6.03 Å². The zero-order chi connectivity index (χ0) is 13.4. The van der Waals surface area contributed by atoms with E-state index in [1.165, 1.54) is 19.4 Å². The van der Waals surface area contributed by atoms with Crippen molar-refractivity contribution in [1.29, 1.82) is 0 Å². The van der Waals surface area contributed by atoms with Crippen LogP contribution in [0.3, 0.4) is 0 Å². The smallest absolute Gasteiger partial charge is 0.320 e. The van der Waals surface area contributed by atoms with E-state index in [4.69, 9.17) is 0 Å². The fraction of sp³-hybridized carbons (Fsp3) is 0.929. The van der Waals surface area contributed by atoms with Gasteiger partial charge < -0.3 is 20.0 Å². The lowest BCUT2D eigenvalue weighted by atomic mass is 9.98. The van der Waals surface area contributed by atoms with Crippen molar-refractivity contribution in [1.82, 2.24) is 20.0 Å². The van der Waals surface area contributed by atoms with Crippen LogP contribution in [0.5, 0.6) is 0 Å². The molecule has 0 aliphatic carbocycles. The summed E-state index contributed by atoms with van der Waals surface area (Å²) in [5.41, 5.74) is 0. The maximum atomic E-state index is 12.4. The fourth-order valence-corrected chi connectivity index (χ4v) is 3.87. The first kappa shape index (κ1) is 13.2. The number of carbonyl (C=O) groups is 1. The van der Waals surface area contributed by atoms with E-state index in [0.29, 0.717) is 17.9 Å². The van der Waals surface area contributed by atoms with Crippen LogP contribution in [0.15, 0.2) is 0 Å². The van der Waals surface area contributed by atoms with Gasteiger partial charge in [-0.2, -0.15) is 0 Å². The molecule has 0 spiro atoms. The fourth-order valence-electron chi connectivity index (χ4n) is 3.87. The van der Waals surface area contributed by atoms with Crippen molar-refractivity contribution >= 4 is 6.03 Å². The second kappa shape index (κ2) is 5.29. The van der Waals surface area contributed by atoms with E-state index in [2.05, 4.69) is 22.2 Å². The topological polar surface area (TPSA) is 38.8 Å². The molecule has 1 N–H and O–H groups in total. The molecule has 3 atom stereocenters. The SMILES string of the molecule is CN1CCC(C2CN(CC3CCNC3)C(=O)N2C)C1. The number of hydrogen-bond donors (Lipinski definition) is 1. The minimum atomic E-state index is 0.242. The van der Waals surface area contributed by atoms with Gasteiger partial charge in [-0.3, -0.25) is 0 Å². The number of urea groups is 1. The Labute approximate surface area is 115 Å². The van der Waals surface area contributed by atoms with Gasteiger partial charge in [-0.25, -0.2) is 4.79 Å². The summed E-state index contributed by atoms with van der Waals surface area (Å²) in [5.74, 6) is 1.31. The van der Waals surface area contributed by atoms with Gasteiger partial charge in [-0.05, 0) is 51.4 Å². The summed E-state index contributed by atoms with van der Waals surface area (Å²) in [6, 6.07) is 0.665. The third-order valence-corrected chi connectivity index (χ3v) is 5.09. The molecular formula is C14H26N4O. The maximum absolute atomic E-state index is 12.4. The van der Waals surface area contributed by atoms with Crippen LogP contribution in [-0.4, -0.2) is 80.1 Å². The van der Waals surface area contributed by atoms with Gasteiger partial charge in [0.2, 0.25) is 0 Å². The average Bonchev–Trinajstić information content (AvgIpc) is 3.08. The number of carbonyl (C=O) groups excluding carboxylic acids is 1. The molecule has 3 rings (SSSR count). The third-order valence-electron chi connectivity index (χ3n) is 5.09. The molecule has 3 aliphatic rings. The molecule has 5 heteroatoms. The van der Waals surface area contributed by atoms with Crippen molar-refractivity contribution in [3.8, 4) is 0 Å². The maximum Gasteiger partial charge on any atom is 0.320 e. The van der Waals surface area contributed by atoms with Crippen molar-refractivity contribution in [3.63, 3.8) is 0 Å². The third kappa shape index (κ3) is 2.58.